The SMILES string of the molecule is CNc1ccc([N+](=O)[O-])cc1C(=O)NC[C@H](C)N1CCCC1. The van der Waals surface area contributed by atoms with Crippen LogP contribution in [0.15, 0.2) is 18.2 Å². The van der Waals surface area contributed by atoms with E-state index < -0.39 is 4.92 Å². The molecule has 1 aliphatic rings. The number of anilines is 1. The normalized spacial score (nSPS) is 16.3. The van der Waals surface area contributed by atoms with Gasteiger partial charge in [0.1, 0.15) is 0 Å². The summed E-state index contributed by atoms with van der Waals surface area (Å²) in [5, 5.41) is 16.6. The van der Waals surface area contributed by atoms with Gasteiger partial charge in [-0.2, -0.15) is 0 Å². The number of hydrogen-bond donors (Lipinski definition) is 2. The molecule has 1 amide bonds. The number of nitrogens with one attached hydrogen (secondary N) is 2. The largest absolute Gasteiger partial charge is 0.387 e. The molecule has 1 atom stereocenters. The van der Waals surface area contributed by atoms with E-state index in [1.807, 2.05) is 0 Å². The second kappa shape index (κ2) is 7.22. The Balaban J connectivity index is 2.04. The number of carbonyl (C=O) groups is 1. The number of non-ortho nitro benzene ring substituents is 1. The van der Waals surface area contributed by atoms with Crippen LogP contribution in [0.3, 0.4) is 0 Å². The Hall–Kier alpha value is -2.15. The van der Waals surface area contributed by atoms with Gasteiger partial charge in [0.25, 0.3) is 11.6 Å². The minimum atomic E-state index is -0.497. The van der Waals surface area contributed by atoms with E-state index in [0.717, 1.165) is 13.1 Å². The van der Waals surface area contributed by atoms with Gasteiger partial charge in [-0.1, -0.05) is 0 Å². The van der Waals surface area contributed by atoms with Crippen LogP contribution < -0.4 is 10.6 Å². The third-order valence-electron chi connectivity index (χ3n) is 4.05. The molecule has 7 nitrogen and oxygen atoms in total. The third kappa shape index (κ3) is 3.73. The van der Waals surface area contributed by atoms with Crippen molar-refractivity contribution in [3.63, 3.8) is 0 Å². The van der Waals surface area contributed by atoms with E-state index in [1.165, 1.54) is 25.0 Å². The molecular weight excluding hydrogens is 284 g/mol. The zero-order valence-corrected chi connectivity index (χ0v) is 13.0. The molecule has 2 N–H and O–H groups in total. The van der Waals surface area contributed by atoms with E-state index in [2.05, 4.69) is 22.5 Å². The van der Waals surface area contributed by atoms with Crippen LogP contribution in [0.25, 0.3) is 0 Å². The topological polar surface area (TPSA) is 87.5 Å². The minimum absolute atomic E-state index is 0.0864. The Morgan fingerprint density at radius 3 is 2.68 bits per heavy atom. The molecule has 1 aromatic rings. The van der Waals surface area contributed by atoms with Gasteiger partial charge in [-0.05, 0) is 38.9 Å². The number of nitrogens with zero attached hydrogens (tertiary/aromatic N) is 2. The lowest BCUT2D eigenvalue weighted by atomic mass is 10.1. The maximum atomic E-state index is 12.3. The third-order valence-corrected chi connectivity index (χ3v) is 4.05. The van der Waals surface area contributed by atoms with Crippen molar-refractivity contribution in [2.75, 3.05) is 32.0 Å². The highest BCUT2D eigenvalue weighted by molar-refractivity contribution is 6.00. The number of amides is 1. The van der Waals surface area contributed by atoms with Gasteiger partial charge in [0.15, 0.2) is 0 Å². The van der Waals surface area contributed by atoms with Gasteiger partial charge < -0.3 is 10.6 Å². The lowest BCUT2D eigenvalue weighted by Gasteiger charge is -2.24. The quantitative estimate of drug-likeness (QED) is 0.618. The number of hydrogen-bond acceptors (Lipinski definition) is 5. The number of carbonyl (C=O) groups excluding carboxylic acids is 1. The van der Waals surface area contributed by atoms with E-state index in [0.29, 0.717) is 17.8 Å². The second-order valence-corrected chi connectivity index (χ2v) is 5.54. The summed E-state index contributed by atoms with van der Waals surface area (Å²) in [6.07, 6.45) is 2.40. The van der Waals surface area contributed by atoms with Crippen LogP contribution in [0.4, 0.5) is 11.4 Å². The van der Waals surface area contributed by atoms with Crippen LogP contribution in [0.1, 0.15) is 30.1 Å². The molecule has 7 heteroatoms. The molecular formula is C15H22N4O3. The van der Waals surface area contributed by atoms with Crippen molar-refractivity contribution >= 4 is 17.3 Å². The first-order chi connectivity index (χ1) is 10.5. The van der Waals surface area contributed by atoms with Crippen LogP contribution in [0.5, 0.6) is 0 Å². The van der Waals surface area contributed by atoms with Crippen LogP contribution in [-0.2, 0) is 0 Å². The summed E-state index contributed by atoms with van der Waals surface area (Å²) in [7, 11) is 1.69. The number of rotatable bonds is 6. The van der Waals surface area contributed by atoms with Crippen LogP contribution in [0, 0.1) is 10.1 Å². The molecule has 0 saturated carbocycles. The van der Waals surface area contributed by atoms with Crippen molar-refractivity contribution in [2.24, 2.45) is 0 Å². The highest BCUT2D eigenvalue weighted by Gasteiger charge is 2.20. The van der Waals surface area contributed by atoms with E-state index in [9.17, 15) is 14.9 Å². The molecule has 0 aliphatic carbocycles. The van der Waals surface area contributed by atoms with E-state index in [4.69, 9.17) is 0 Å². The molecule has 1 aromatic carbocycles. The Labute approximate surface area is 129 Å². The summed E-state index contributed by atoms with van der Waals surface area (Å²) >= 11 is 0. The number of nitro benzene ring substituents is 1. The summed E-state index contributed by atoms with van der Waals surface area (Å²) in [4.78, 5) is 25.0. The molecule has 1 heterocycles. The molecule has 0 bridgehead atoms. The van der Waals surface area contributed by atoms with Crippen molar-refractivity contribution in [3.05, 3.63) is 33.9 Å². The Morgan fingerprint density at radius 1 is 1.41 bits per heavy atom. The first-order valence-electron chi connectivity index (χ1n) is 7.51. The molecule has 0 aromatic heterocycles. The summed E-state index contributed by atoms with van der Waals surface area (Å²) in [6.45, 7) is 4.74. The average molecular weight is 306 g/mol. The van der Waals surface area contributed by atoms with Gasteiger partial charge in [0, 0.05) is 37.5 Å². The summed E-state index contributed by atoms with van der Waals surface area (Å²) in [6, 6.07) is 4.51. The Kier molecular flexibility index (Phi) is 5.32. The Bertz CT molecular complexity index is 556. The first-order valence-corrected chi connectivity index (χ1v) is 7.51. The highest BCUT2D eigenvalue weighted by Crippen LogP contribution is 2.21. The molecule has 2 rings (SSSR count). The second-order valence-electron chi connectivity index (χ2n) is 5.54. The first kappa shape index (κ1) is 16.2. The van der Waals surface area contributed by atoms with E-state index in [1.54, 1.807) is 13.1 Å². The molecule has 1 saturated heterocycles. The predicted octanol–water partition coefficient (Wildman–Crippen LogP) is 1.85. The maximum absolute atomic E-state index is 12.3. The van der Waals surface area contributed by atoms with Crippen LogP contribution in [-0.4, -0.2) is 48.5 Å². The monoisotopic (exact) mass is 306 g/mol. The molecule has 0 unspecified atom stereocenters. The van der Waals surface area contributed by atoms with Crippen molar-refractivity contribution < 1.29 is 9.72 Å². The predicted molar refractivity (Wildman–Crippen MR) is 85.2 cm³/mol. The average Bonchev–Trinajstić information content (AvgIpc) is 3.06. The fourth-order valence-electron chi connectivity index (χ4n) is 2.70. The molecule has 1 aliphatic heterocycles. The minimum Gasteiger partial charge on any atom is -0.387 e. The number of nitro groups is 1. The van der Waals surface area contributed by atoms with Gasteiger partial charge in [0.05, 0.1) is 10.5 Å². The Morgan fingerprint density at radius 2 is 2.09 bits per heavy atom. The van der Waals surface area contributed by atoms with Gasteiger partial charge in [-0.15, -0.1) is 0 Å². The van der Waals surface area contributed by atoms with Gasteiger partial charge in [0.2, 0.25) is 0 Å². The molecule has 1 fully saturated rings. The highest BCUT2D eigenvalue weighted by atomic mass is 16.6. The van der Waals surface area contributed by atoms with E-state index in [-0.39, 0.29) is 17.6 Å². The smallest absolute Gasteiger partial charge is 0.270 e. The lowest BCUT2D eigenvalue weighted by molar-refractivity contribution is -0.384. The molecule has 0 radical (unpaired) electrons. The van der Waals surface area contributed by atoms with Crippen LogP contribution >= 0.6 is 0 Å². The number of likely N-dealkylation sites (tertiary alicyclic amines) is 1. The van der Waals surface area contributed by atoms with Crippen LogP contribution in [0.2, 0.25) is 0 Å². The van der Waals surface area contributed by atoms with Crippen molar-refractivity contribution in [2.45, 2.75) is 25.8 Å². The van der Waals surface area contributed by atoms with Gasteiger partial charge in [-0.3, -0.25) is 19.8 Å². The van der Waals surface area contributed by atoms with Crippen molar-refractivity contribution in [1.29, 1.82) is 0 Å². The maximum Gasteiger partial charge on any atom is 0.270 e. The zero-order chi connectivity index (χ0) is 16.1. The van der Waals surface area contributed by atoms with Crippen molar-refractivity contribution in [3.8, 4) is 0 Å². The fraction of sp³-hybridized carbons (Fsp3) is 0.533. The summed E-state index contributed by atoms with van der Waals surface area (Å²) < 4.78 is 0. The molecule has 22 heavy (non-hydrogen) atoms. The van der Waals surface area contributed by atoms with Gasteiger partial charge in [-0.25, -0.2) is 0 Å². The van der Waals surface area contributed by atoms with E-state index >= 15 is 0 Å². The standard InChI is InChI=1S/C15H22N4O3/c1-11(18-7-3-4-8-18)10-17-15(20)13-9-12(19(21)22)5-6-14(13)16-2/h5-6,9,11,16H,3-4,7-8,10H2,1-2H3,(H,17,20)/t11-/m0/s1. The lowest BCUT2D eigenvalue weighted by Crippen LogP contribution is -2.40. The summed E-state index contributed by atoms with van der Waals surface area (Å²) in [5.41, 5.74) is 0.791. The molecule has 0 spiro atoms. The molecule has 120 valence electrons. The van der Waals surface area contributed by atoms with Gasteiger partial charge >= 0.3 is 0 Å². The zero-order valence-electron chi connectivity index (χ0n) is 13.0. The van der Waals surface area contributed by atoms with Crippen molar-refractivity contribution in [1.82, 2.24) is 10.2 Å². The number of benzene rings is 1. The fourth-order valence-corrected chi connectivity index (χ4v) is 2.70. The summed E-state index contributed by atoms with van der Waals surface area (Å²) in [5.74, 6) is -0.293.